The van der Waals surface area contributed by atoms with Crippen LogP contribution in [-0.2, 0) is 16.0 Å². The standard InChI is InChI=1S/C13H16N2O5.K.H/c14-9(6-11(16)17)12(18)8-3-1-7(2-4-8)5-10(15)13(19)20;;/h1-4,9-10H,5-6,14-15H2,(H,16,17)(H,19,20);;/q;+1;-1/t9-,10-;;/m0../s1. The minimum Gasteiger partial charge on any atom is -1.00 e. The van der Waals surface area contributed by atoms with E-state index in [1.807, 2.05) is 0 Å². The van der Waals surface area contributed by atoms with Gasteiger partial charge in [0.15, 0.2) is 5.78 Å². The maximum absolute atomic E-state index is 11.8. The molecule has 1 aromatic carbocycles. The van der Waals surface area contributed by atoms with Crippen LogP contribution >= 0.6 is 0 Å². The molecular formula is C13H17KN2O5. The zero-order valence-corrected chi connectivity index (χ0v) is 14.8. The Bertz CT molecular complexity index is 524. The number of aliphatic carboxylic acids is 2. The summed E-state index contributed by atoms with van der Waals surface area (Å²) >= 11 is 0. The molecule has 0 spiro atoms. The van der Waals surface area contributed by atoms with Gasteiger partial charge < -0.3 is 23.1 Å². The molecule has 0 amide bonds. The molecule has 7 nitrogen and oxygen atoms in total. The Morgan fingerprint density at radius 1 is 1.05 bits per heavy atom. The maximum Gasteiger partial charge on any atom is 1.00 e. The van der Waals surface area contributed by atoms with Crippen LogP contribution < -0.4 is 62.9 Å². The SMILES string of the molecule is N[C@@H](Cc1ccc(C(=O)[C@@H](N)CC(=O)O)cc1)C(=O)O.[H-].[K+]. The quantitative estimate of drug-likeness (QED) is 0.305. The second kappa shape index (κ2) is 9.41. The molecule has 21 heavy (non-hydrogen) atoms. The summed E-state index contributed by atoms with van der Waals surface area (Å²) in [7, 11) is 0. The largest absolute Gasteiger partial charge is 1.00 e. The van der Waals surface area contributed by atoms with Gasteiger partial charge in [0, 0.05) is 5.56 Å². The monoisotopic (exact) mass is 320 g/mol. The van der Waals surface area contributed by atoms with Crippen LogP contribution in [0.3, 0.4) is 0 Å². The molecule has 0 radical (unpaired) electrons. The smallest absolute Gasteiger partial charge is 1.00 e. The van der Waals surface area contributed by atoms with Crippen LogP contribution in [0, 0.1) is 0 Å². The van der Waals surface area contributed by atoms with Crippen molar-refractivity contribution >= 4 is 17.7 Å². The number of nitrogens with two attached hydrogens (primary N) is 2. The summed E-state index contributed by atoms with van der Waals surface area (Å²) in [6.07, 6.45) is -0.296. The molecule has 0 fully saturated rings. The van der Waals surface area contributed by atoms with Crippen molar-refractivity contribution in [2.24, 2.45) is 11.5 Å². The van der Waals surface area contributed by atoms with Crippen molar-refractivity contribution < 1.29 is 77.4 Å². The molecule has 0 aliphatic rings. The van der Waals surface area contributed by atoms with Crippen LogP contribution in [0.15, 0.2) is 24.3 Å². The molecule has 0 bridgehead atoms. The second-order valence-corrected chi connectivity index (χ2v) is 4.41. The van der Waals surface area contributed by atoms with Gasteiger partial charge >= 0.3 is 63.3 Å². The number of carbonyl (C=O) groups excluding carboxylic acids is 1. The molecule has 0 aromatic heterocycles. The fraction of sp³-hybridized carbons (Fsp3) is 0.308. The Morgan fingerprint density at radius 2 is 1.57 bits per heavy atom. The Morgan fingerprint density at radius 3 is 2.00 bits per heavy atom. The van der Waals surface area contributed by atoms with Gasteiger partial charge in [-0.2, -0.15) is 0 Å². The van der Waals surface area contributed by atoms with Crippen LogP contribution in [0.2, 0.25) is 0 Å². The second-order valence-electron chi connectivity index (χ2n) is 4.41. The molecule has 6 N–H and O–H groups in total. The average molecular weight is 320 g/mol. The minimum absolute atomic E-state index is 0. The summed E-state index contributed by atoms with van der Waals surface area (Å²) in [6, 6.07) is 4.00. The van der Waals surface area contributed by atoms with Crippen molar-refractivity contribution in [3.63, 3.8) is 0 Å². The summed E-state index contributed by atoms with van der Waals surface area (Å²) in [4.78, 5) is 32.9. The van der Waals surface area contributed by atoms with Crippen molar-refractivity contribution in [1.29, 1.82) is 0 Å². The normalized spacial score (nSPS) is 12.9. The third kappa shape index (κ3) is 6.79. The molecule has 0 heterocycles. The molecule has 0 aliphatic heterocycles. The number of carbonyl (C=O) groups is 3. The summed E-state index contributed by atoms with van der Waals surface area (Å²) in [5.74, 6) is -2.72. The van der Waals surface area contributed by atoms with Crippen molar-refractivity contribution in [1.82, 2.24) is 0 Å². The summed E-state index contributed by atoms with van der Waals surface area (Å²) in [5, 5.41) is 17.3. The summed E-state index contributed by atoms with van der Waals surface area (Å²) in [5.41, 5.74) is 11.8. The molecule has 0 saturated heterocycles. The van der Waals surface area contributed by atoms with Crippen LogP contribution in [0.1, 0.15) is 23.8 Å². The van der Waals surface area contributed by atoms with Crippen LogP contribution in [0.5, 0.6) is 0 Å². The molecule has 2 atom stereocenters. The average Bonchev–Trinajstić information content (AvgIpc) is 2.37. The number of Topliss-reactive ketones (excluding diaryl/α,β-unsaturated/α-hetero) is 1. The molecule has 110 valence electrons. The predicted molar refractivity (Wildman–Crippen MR) is 71.4 cm³/mol. The molecular weight excluding hydrogens is 303 g/mol. The van der Waals surface area contributed by atoms with Gasteiger partial charge in [-0.3, -0.25) is 14.4 Å². The van der Waals surface area contributed by atoms with E-state index in [9.17, 15) is 14.4 Å². The molecule has 0 aliphatic carbocycles. The van der Waals surface area contributed by atoms with Gasteiger partial charge in [-0.25, -0.2) is 0 Å². The van der Waals surface area contributed by atoms with Gasteiger partial charge in [-0.15, -0.1) is 0 Å². The summed E-state index contributed by atoms with van der Waals surface area (Å²) in [6.45, 7) is 0. The van der Waals surface area contributed by atoms with E-state index >= 15 is 0 Å². The number of hydrogen-bond donors (Lipinski definition) is 4. The molecule has 1 aromatic rings. The van der Waals surface area contributed by atoms with Gasteiger partial charge in [-0.05, 0) is 12.0 Å². The number of benzene rings is 1. The van der Waals surface area contributed by atoms with Crippen molar-refractivity contribution in [2.45, 2.75) is 24.9 Å². The zero-order valence-electron chi connectivity index (χ0n) is 12.7. The van der Waals surface area contributed by atoms with Gasteiger partial charge in [0.05, 0.1) is 12.5 Å². The first-order valence-corrected chi connectivity index (χ1v) is 5.90. The molecule has 1 rings (SSSR count). The molecule has 8 heteroatoms. The van der Waals surface area contributed by atoms with Crippen molar-refractivity contribution in [3.8, 4) is 0 Å². The Balaban J connectivity index is 0. The topological polar surface area (TPSA) is 144 Å². The fourth-order valence-corrected chi connectivity index (χ4v) is 1.64. The van der Waals surface area contributed by atoms with E-state index in [1.165, 1.54) is 12.1 Å². The third-order valence-corrected chi connectivity index (χ3v) is 2.74. The number of carboxylic acids is 2. The van der Waals surface area contributed by atoms with E-state index in [-0.39, 0.29) is 64.8 Å². The predicted octanol–water partition coefficient (Wildman–Crippen LogP) is -3.26. The van der Waals surface area contributed by atoms with E-state index in [0.717, 1.165) is 0 Å². The summed E-state index contributed by atoms with van der Waals surface area (Å²) < 4.78 is 0. The number of carboxylic acid groups (broad SMARTS) is 2. The van der Waals surface area contributed by atoms with Gasteiger partial charge in [0.25, 0.3) is 0 Å². The number of rotatable bonds is 7. The van der Waals surface area contributed by atoms with E-state index < -0.39 is 36.2 Å². The number of ketones is 1. The van der Waals surface area contributed by atoms with E-state index in [1.54, 1.807) is 12.1 Å². The van der Waals surface area contributed by atoms with Gasteiger partial charge in [0.1, 0.15) is 6.04 Å². The Hall–Kier alpha value is -0.614. The van der Waals surface area contributed by atoms with E-state index in [2.05, 4.69) is 0 Å². The van der Waals surface area contributed by atoms with Crippen LogP contribution in [-0.4, -0.2) is 40.0 Å². The van der Waals surface area contributed by atoms with Gasteiger partial charge in [0.2, 0.25) is 0 Å². The Labute approximate surface area is 165 Å². The van der Waals surface area contributed by atoms with E-state index in [0.29, 0.717) is 5.56 Å². The van der Waals surface area contributed by atoms with Crippen LogP contribution in [0.25, 0.3) is 0 Å². The van der Waals surface area contributed by atoms with Gasteiger partial charge in [-0.1, -0.05) is 24.3 Å². The first-order chi connectivity index (χ1) is 9.31. The first-order valence-electron chi connectivity index (χ1n) is 5.90. The van der Waals surface area contributed by atoms with Crippen molar-refractivity contribution in [2.75, 3.05) is 0 Å². The van der Waals surface area contributed by atoms with Crippen molar-refractivity contribution in [3.05, 3.63) is 35.4 Å². The molecule has 0 saturated carbocycles. The fourth-order valence-electron chi connectivity index (χ4n) is 1.64. The maximum atomic E-state index is 11.8. The minimum atomic E-state index is -1.14. The Kier molecular flexibility index (Phi) is 9.14. The molecule has 0 unspecified atom stereocenters. The third-order valence-electron chi connectivity index (χ3n) is 2.74. The van der Waals surface area contributed by atoms with Crippen LogP contribution in [0.4, 0.5) is 0 Å². The zero-order chi connectivity index (χ0) is 15.3. The van der Waals surface area contributed by atoms with E-state index in [4.69, 9.17) is 21.7 Å². The number of hydrogen-bond acceptors (Lipinski definition) is 5. The first kappa shape index (κ1) is 20.4.